The van der Waals surface area contributed by atoms with E-state index in [0.717, 1.165) is 0 Å². The van der Waals surface area contributed by atoms with Crippen molar-refractivity contribution >= 4 is 55.3 Å². The van der Waals surface area contributed by atoms with E-state index in [2.05, 4.69) is 161 Å². The molecule has 0 saturated heterocycles. The third-order valence-corrected chi connectivity index (χ3v) is 22.2. The molecule has 3 heterocycles. The van der Waals surface area contributed by atoms with Crippen LogP contribution in [0.15, 0.2) is 121 Å². The summed E-state index contributed by atoms with van der Waals surface area (Å²) in [6.07, 6.45) is 0. The molecular weight excluding hydrogens is 589 g/mol. The Morgan fingerprint density at radius 1 is 0.267 bits per heavy atom. The largest absolute Gasteiger partial charge is 0.113 e. The van der Waals surface area contributed by atoms with Gasteiger partial charge in [-0.15, -0.1) is 0 Å². The Bertz CT molecular complexity index is 2090. The summed E-state index contributed by atoms with van der Waals surface area (Å²) in [6, 6.07) is 47.4. The summed E-state index contributed by atoms with van der Waals surface area (Å²) in [5, 5.41) is 9.41. The Balaban J connectivity index is 1.16. The van der Waals surface area contributed by atoms with Gasteiger partial charge in [0.25, 0.3) is 0 Å². The summed E-state index contributed by atoms with van der Waals surface area (Å²) in [4.78, 5) is 0. The predicted molar refractivity (Wildman–Crippen MR) is 204 cm³/mol. The first-order valence-electron chi connectivity index (χ1n) is 16.4. The quantitative estimate of drug-likeness (QED) is 0.175. The van der Waals surface area contributed by atoms with Gasteiger partial charge in [0, 0.05) is 0 Å². The van der Waals surface area contributed by atoms with Crippen LogP contribution in [0.3, 0.4) is 0 Å². The molecule has 45 heavy (non-hydrogen) atoms. The molecule has 0 saturated carbocycles. The lowest BCUT2D eigenvalue weighted by Crippen LogP contribution is -2.49. The van der Waals surface area contributed by atoms with Crippen LogP contribution in [0.5, 0.6) is 0 Å². The van der Waals surface area contributed by atoms with Gasteiger partial charge in [-0.05, 0) is 111 Å². The van der Waals surface area contributed by atoms with Gasteiger partial charge in [-0.2, -0.15) is 0 Å². The van der Waals surface area contributed by atoms with Crippen molar-refractivity contribution in [3.63, 3.8) is 0 Å². The summed E-state index contributed by atoms with van der Waals surface area (Å²) in [5.74, 6) is 0. The molecule has 0 radical (unpaired) electrons. The van der Waals surface area contributed by atoms with E-state index in [1.165, 1.54) is 55.6 Å². The Kier molecular flexibility index (Phi) is 5.48. The molecule has 3 aliphatic heterocycles. The van der Waals surface area contributed by atoms with Gasteiger partial charge >= 0.3 is 0 Å². The molecule has 0 aliphatic carbocycles. The molecule has 0 bridgehead atoms. The highest BCUT2D eigenvalue weighted by Crippen LogP contribution is 2.38. The molecule has 0 spiro atoms. The van der Waals surface area contributed by atoms with Crippen LogP contribution in [-0.2, 0) is 0 Å². The Labute approximate surface area is 270 Å². The summed E-state index contributed by atoms with van der Waals surface area (Å²) in [5.41, 5.74) is 14.0. The zero-order valence-corrected chi connectivity index (χ0v) is 30.0. The average Bonchev–Trinajstić information content (AvgIpc) is 3.53. The molecule has 0 nitrogen and oxygen atoms in total. The van der Waals surface area contributed by atoms with Crippen molar-refractivity contribution in [3.05, 3.63) is 121 Å². The van der Waals surface area contributed by atoms with E-state index in [0.29, 0.717) is 0 Å². The molecule has 0 unspecified atom stereocenters. The second-order valence-electron chi connectivity index (χ2n) is 15.0. The minimum atomic E-state index is -1.78. The third kappa shape index (κ3) is 3.63. The highest BCUT2D eigenvalue weighted by Gasteiger charge is 2.40. The number of hydrogen-bond donors (Lipinski definition) is 0. The maximum atomic E-state index is 2.52. The molecule has 9 rings (SSSR count). The van der Waals surface area contributed by atoms with Crippen molar-refractivity contribution in [2.24, 2.45) is 0 Å². The molecule has 3 heteroatoms. The zero-order chi connectivity index (χ0) is 30.9. The van der Waals surface area contributed by atoms with Crippen LogP contribution in [0.1, 0.15) is 0 Å². The molecule has 0 atom stereocenters. The summed E-state index contributed by atoms with van der Waals surface area (Å²) < 4.78 is 0. The van der Waals surface area contributed by atoms with Crippen molar-refractivity contribution in [1.29, 1.82) is 0 Å². The highest BCUT2D eigenvalue weighted by molar-refractivity contribution is 7.05. The number of benzene rings is 6. The monoisotopic (exact) mass is 626 g/mol. The molecule has 0 amide bonds. The van der Waals surface area contributed by atoms with Crippen LogP contribution in [0.4, 0.5) is 0 Å². The van der Waals surface area contributed by atoms with Gasteiger partial charge in [0.2, 0.25) is 0 Å². The van der Waals surface area contributed by atoms with E-state index in [1.807, 2.05) is 0 Å². The molecule has 0 fully saturated rings. The summed E-state index contributed by atoms with van der Waals surface area (Å²) >= 11 is 0. The standard InChI is InChI=1S/C42H38Si3/c1-43(2)37-13-9-7-11-31(37)33-23-27(15-19-39(33)43)29-17-21-41-35(25-29)36-26-30(18-22-42(36)45(41,5)6)28-16-20-40-34(24-28)32-12-8-10-14-38(32)44(40,3)4/h7-26H,1-6H3. The van der Waals surface area contributed by atoms with Gasteiger partial charge in [0.15, 0.2) is 0 Å². The van der Waals surface area contributed by atoms with Gasteiger partial charge in [-0.3, -0.25) is 0 Å². The van der Waals surface area contributed by atoms with Crippen molar-refractivity contribution in [2.75, 3.05) is 0 Å². The summed E-state index contributed by atoms with van der Waals surface area (Å²) in [7, 11) is -5.09. The Morgan fingerprint density at radius 3 is 0.822 bits per heavy atom. The second kappa shape index (κ2) is 9.03. The number of fused-ring (bicyclic) bond motifs is 9. The van der Waals surface area contributed by atoms with Crippen LogP contribution in [0, 0.1) is 0 Å². The molecule has 6 aromatic rings. The second-order valence-corrected chi connectivity index (χ2v) is 28.0. The minimum Gasteiger partial charge on any atom is -0.0623 e. The molecule has 218 valence electrons. The first-order valence-corrected chi connectivity index (χ1v) is 25.4. The van der Waals surface area contributed by atoms with E-state index in [1.54, 1.807) is 31.1 Å². The maximum absolute atomic E-state index is 2.52. The third-order valence-electron chi connectivity index (χ3n) is 11.5. The van der Waals surface area contributed by atoms with E-state index in [4.69, 9.17) is 0 Å². The number of rotatable bonds is 2. The van der Waals surface area contributed by atoms with E-state index >= 15 is 0 Å². The van der Waals surface area contributed by atoms with Crippen LogP contribution in [0.25, 0.3) is 55.6 Å². The van der Waals surface area contributed by atoms with Gasteiger partial charge < -0.3 is 0 Å². The molecule has 3 aliphatic rings. The predicted octanol–water partition coefficient (Wildman–Crippen LogP) is 7.43. The van der Waals surface area contributed by atoms with Gasteiger partial charge in [0.1, 0.15) is 24.2 Å². The topological polar surface area (TPSA) is 0 Å². The van der Waals surface area contributed by atoms with Gasteiger partial charge in [0.05, 0.1) is 0 Å². The lowest BCUT2D eigenvalue weighted by molar-refractivity contribution is 1.62. The van der Waals surface area contributed by atoms with Gasteiger partial charge in [-0.25, -0.2) is 0 Å². The van der Waals surface area contributed by atoms with Crippen LogP contribution in [-0.4, -0.2) is 24.2 Å². The fourth-order valence-corrected chi connectivity index (χ4v) is 18.1. The zero-order valence-electron chi connectivity index (χ0n) is 27.0. The van der Waals surface area contributed by atoms with Crippen molar-refractivity contribution in [2.45, 2.75) is 39.3 Å². The lowest BCUT2D eigenvalue weighted by atomic mass is 9.94. The van der Waals surface area contributed by atoms with Crippen LogP contribution >= 0.6 is 0 Å². The first kappa shape index (κ1) is 27.3. The highest BCUT2D eigenvalue weighted by atomic mass is 28.3. The number of hydrogen-bond acceptors (Lipinski definition) is 0. The van der Waals surface area contributed by atoms with Crippen molar-refractivity contribution in [3.8, 4) is 55.6 Å². The molecule has 6 aromatic carbocycles. The van der Waals surface area contributed by atoms with E-state index in [9.17, 15) is 0 Å². The molecular formula is C42H38Si3. The van der Waals surface area contributed by atoms with E-state index in [-0.39, 0.29) is 0 Å². The van der Waals surface area contributed by atoms with E-state index < -0.39 is 24.2 Å². The van der Waals surface area contributed by atoms with Gasteiger partial charge in [-0.1, -0.05) is 136 Å². The molecule has 0 N–H and O–H groups in total. The van der Waals surface area contributed by atoms with Crippen molar-refractivity contribution in [1.82, 2.24) is 0 Å². The molecule has 0 aromatic heterocycles. The van der Waals surface area contributed by atoms with Crippen LogP contribution < -0.4 is 31.1 Å². The van der Waals surface area contributed by atoms with Crippen molar-refractivity contribution < 1.29 is 0 Å². The summed E-state index contributed by atoms with van der Waals surface area (Å²) in [6.45, 7) is 15.0. The SMILES string of the molecule is C[Si]1(C)c2ccccc2-c2cc(-c3ccc4c(c3)-c3cc(-c5ccc6c(c5)-c5ccccc5[Si]6(C)C)ccc3[Si]4(C)C)ccc21. The van der Waals surface area contributed by atoms with Crippen LogP contribution in [0.2, 0.25) is 39.3 Å². The Hall–Kier alpha value is -4.03. The first-order chi connectivity index (χ1) is 21.6. The normalized spacial score (nSPS) is 16.8. The fraction of sp³-hybridized carbons (Fsp3) is 0.143. The lowest BCUT2D eigenvalue weighted by Gasteiger charge is -2.20. The Morgan fingerprint density at radius 2 is 0.511 bits per heavy atom. The smallest absolute Gasteiger partial charge is 0.0623 e. The maximum Gasteiger partial charge on any atom is 0.113 e. The minimum absolute atomic E-state index is 1.32. The average molecular weight is 627 g/mol. The fourth-order valence-electron chi connectivity index (χ4n) is 8.93.